The second-order valence-corrected chi connectivity index (χ2v) is 9.22. The van der Waals surface area contributed by atoms with Crippen molar-refractivity contribution in [1.29, 1.82) is 0 Å². The van der Waals surface area contributed by atoms with Crippen molar-refractivity contribution < 1.29 is 4.79 Å². The van der Waals surface area contributed by atoms with E-state index in [-0.39, 0.29) is 6.03 Å². The van der Waals surface area contributed by atoms with E-state index in [9.17, 15) is 4.79 Å². The average Bonchev–Trinajstić information content (AvgIpc) is 3.34. The van der Waals surface area contributed by atoms with Crippen molar-refractivity contribution in [1.82, 2.24) is 15.1 Å². The predicted octanol–water partition coefficient (Wildman–Crippen LogP) is 4.30. The minimum Gasteiger partial charge on any atom is -0.335 e. The summed E-state index contributed by atoms with van der Waals surface area (Å²) in [4.78, 5) is 12.5. The summed E-state index contributed by atoms with van der Waals surface area (Å²) < 4.78 is 1.11. The van der Waals surface area contributed by atoms with E-state index in [0.29, 0.717) is 18.1 Å². The first-order valence-corrected chi connectivity index (χ1v) is 11.4. The van der Waals surface area contributed by atoms with Gasteiger partial charge in [-0.25, -0.2) is 4.79 Å². The Balaban J connectivity index is 1.49. The molecule has 28 heavy (non-hydrogen) atoms. The number of carbonyl (C=O) groups is 1. The van der Waals surface area contributed by atoms with Crippen LogP contribution in [0.4, 0.5) is 16.2 Å². The number of nitrogens with zero attached hydrogens (tertiary/aromatic N) is 1. The Bertz CT molecular complexity index is 694. The van der Waals surface area contributed by atoms with E-state index in [1.165, 1.54) is 56.3 Å². The molecule has 5 nitrogen and oxygen atoms in total. The van der Waals surface area contributed by atoms with E-state index in [2.05, 4.69) is 48.0 Å². The Labute approximate surface area is 169 Å². The van der Waals surface area contributed by atoms with Gasteiger partial charge in [-0.15, -0.1) is 0 Å². The minimum absolute atomic E-state index is 0.0545. The van der Waals surface area contributed by atoms with Crippen molar-refractivity contribution >= 4 is 17.4 Å². The van der Waals surface area contributed by atoms with Crippen LogP contribution in [0.15, 0.2) is 18.2 Å². The molecule has 0 aromatic heterocycles. The lowest BCUT2D eigenvalue weighted by Crippen LogP contribution is -2.59. The third-order valence-electron chi connectivity index (χ3n) is 7.50. The molecule has 2 aliphatic heterocycles. The first-order valence-electron chi connectivity index (χ1n) is 11.4. The molecule has 1 aliphatic carbocycles. The Morgan fingerprint density at radius 1 is 1.11 bits per heavy atom. The summed E-state index contributed by atoms with van der Waals surface area (Å²) in [5.41, 5.74) is 3.53. The number of aryl methyl sites for hydroxylation is 1. The summed E-state index contributed by atoms with van der Waals surface area (Å²) in [6, 6.07) is 8.34. The monoisotopic (exact) mass is 385 g/mol. The molecule has 154 valence electrons. The van der Waals surface area contributed by atoms with Crippen LogP contribution in [-0.2, 0) is 0 Å². The third-order valence-corrected chi connectivity index (χ3v) is 7.50. The topological polar surface area (TPSA) is 53.2 Å². The molecule has 0 bridgehead atoms. The molecule has 3 aliphatic rings. The van der Waals surface area contributed by atoms with Gasteiger partial charge >= 0.3 is 6.03 Å². The van der Waals surface area contributed by atoms with Gasteiger partial charge in [0, 0.05) is 56.2 Å². The number of hydrogen-bond acceptors (Lipinski definition) is 2. The van der Waals surface area contributed by atoms with Gasteiger partial charge in [0.25, 0.3) is 0 Å². The standard InChI is InChI=1S/C23H36N4O/c1-17-15-20(27(14-6-7-18(27)2)21-12-13-24-16-21)10-11-22(17)26-23(28)25-19-8-4-3-5-9-19/h10-11,15,18-19,21,24H,3-9,12-14,16H2,1-2H3,(H-,25,26,28)/p+1. The van der Waals surface area contributed by atoms with Crippen LogP contribution in [0.2, 0.25) is 0 Å². The number of carbonyl (C=O) groups excluding carboxylic acids is 1. The zero-order chi connectivity index (χ0) is 19.6. The lowest BCUT2D eigenvalue weighted by atomic mass is 9.96. The number of benzene rings is 1. The summed E-state index contributed by atoms with van der Waals surface area (Å²) in [6.07, 6.45) is 9.85. The van der Waals surface area contributed by atoms with Crippen molar-refractivity contribution in [2.75, 3.05) is 25.0 Å². The fourth-order valence-electron chi connectivity index (χ4n) is 5.91. The van der Waals surface area contributed by atoms with Crippen LogP contribution < -0.4 is 20.4 Å². The molecular weight excluding hydrogens is 348 g/mol. The van der Waals surface area contributed by atoms with Crippen molar-refractivity contribution in [2.45, 2.75) is 83.3 Å². The highest BCUT2D eigenvalue weighted by Gasteiger charge is 2.48. The lowest BCUT2D eigenvalue weighted by molar-refractivity contribution is 0.203. The molecule has 4 rings (SSSR count). The van der Waals surface area contributed by atoms with Crippen LogP contribution in [0.3, 0.4) is 0 Å². The van der Waals surface area contributed by atoms with Gasteiger partial charge in [0.05, 0.1) is 12.6 Å². The first kappa shape index (κ1) is 19.7. The van der Waals surface area contributed by atoms with Crippen molar-refractivity contribution in [3.05, 3.63) is 23.8 Å². The number of quaternary nitrogens is 1. The van der Waals surface area contributed by atoms with Crippen LogP contribution >= 0.6 is 0 Å². The van der Waals surface area contributed by atoms with E-state index in [4.69, 9.17) is 0 Å². The number of amides is 2. The fourth-order valence-corrected chi connectivity index (χ4v) is 5.91. The molecule has 3 fully saturated rings. The maximum absolute atomic E-state index is 12.5. The van der Waals surface area contributed by atoms with E-state index in [1.54, 1.807) is 0 Å². The summed E-state index contributed by atoms with van der Waals surface area (Å²) in [6.45, 7) is 8.04. The van der Waals surface area contributed by atoms with Crippen molar-refractivity contribution in [3.8, 4) is 0 Å². The predicted molar refractivity (Wildman–Crippen MR) is 117 cm³/mol. The Morgan fingerprint density at radius 2 is 1.93 bits per heavy atom. The first-order chi connectivity index (χ1) is 13.6. The van der Waals surface area contributed by atoms with Gasteiger partial charge in [-0.1, -0.05) is 19.3 Å². The van der Waals surface area contributed by atoms with Crippen LogP contribution in [0, 0.1) is 6.92 Å². The van der Waals surface area contributed by atoms with Crippen molar-refractivity contribution in [2.24, 2.45) is 0 Å². The van der Waals surface area contributed by atoms with Gasteiger partial charge in [0.1, 0.15) is 11.7 Å². The SMILES string of the molecule is Cc1cc([N+]2(C3CCNC3)CCCC2C)ccc1NC(=O)NC1CCCCC1. The molecule has 2 amide bonds. The van der Waals surface area contributed by atoms with E-state index in [0.717, 1.165) is 36.1 Å². The third kappa shape index (κ3) is 3.79. The number of anilines is 1. The van der Waals surface area contributed by atoms with E-state index < -0.39 is 0 Å². The molecule has 1 aromatic carbocycles. The Kier molecular flexibility index (Phi) is 5.93. The van der Waals surface area contributed by atoms with Crippen LogP contribution in [0.25, 0.3) is 0 Å². The Morgan fingerprint density at radius 3 is 2.57 bits per heavy atom. The highest BCUT2D eigenvalue weighted by Crippen LogP contribution is 2.40. The number of likely N-dealkylation sites (tertiary alicyclic amines) is 1. The molecule has 5 heteroatoms. The maximum Gasteiger partial charge on any atom is 0.319 e. The molecule has 1 saturated carbocycles. The molecule has 3 N–H and O–H groups in total. The quantitative estimate of drug-likeness (QED) is 0.677. The fraction of sp³-hybridized carbons (Fsp3) is 0.696. The lowest BCUT2D eigenvalue weighted by Gasteiger charge is -2.43. The molecule has 2 saturated heterocycles. The highest BCUT2D eigenvalue weighted by molar-refractivity contribution is 5.90. The minimum atomic E-state index is -0.0545. The average molecular weight is 386 g/mol. The second-order valence-electron chi connectivity index (χ2n) is 9.22. The number of rotatable bonds is 4. The summed E-state index contributed by atoms with van der Waals surface area (Å²) in [7, 11) is 0. The largest absolute Gasteiger partial charge is 0.335 e. The molecule has 3 atom stereocenters. The molecule has 2 heterocycles. The van der Waals surface area contributed by atoms with Gasteiger partial charge in [0.15, 0.2) is 0 Å². The van der Waals surface area contributed by atoms with Crippen LogP contribution in [0.5, 0.6) is 0 Å². The number of nitrogens with one attached hydrogen (secondary N) is 3. The molecule has 0 radical (unpaired) electrons. The van der Waals surface area contributed by atoms with Gasteiger partial charge in [-0.3, -0.25) is 4.48 Å². The van der Waals surface area contributed by atoms with Crippen molar-refractivity contribution in [3.63, 3.8) is 0 Å². The maximum atomic E-state index is 12.5. The summed E-state index contributed by atoms with van der Waals surface area (Å²) in [5.74, 6) is 0. The van der Waals surface area contributed by atoms with Crippen LogP contribution in [-0.4, -0.2) is 43.8 Å². The zero-order valence-corrected chi connectivity index (χ0v) is 17.6. The van der Waals surface area contributed by atoms with Crippen LogP contribution in [0.1, 0.15) is 63.9 Å². The van der Waals surface area contributed by atoms with Gasteiger partial charge in [-0.2, -0.15) is 0 Å². The highest BCUT2D eigenvalue weighted by atomic mass is 16.2. The number of hydrogen-bond donors (Lipinski definition) is 3. The normalized spacial score (nSPS) is 31.1. The number of urea groups is 1. The zero-order valence-electron chi connectivity index (χ0n) is 17.6. The molecule has 1 aromatic rings. The van der Waals surface area contributed by atoms with E-state index >= 15 is 0 Å². The summed E-state index contributed by atoms with van der Waals surface area (Å²) in [5, 5.41) is 9.83. The van der Waals surface area contributed by atoms with Gasteiger partial charge < -0.3 is 16.0 Å². The van der Waals surface area contributed by atoms with Gasteiger partial charge in [0.2, 0.25) is 0 Å². The molecular formula is C23H37N4O+. The molecule has 0 spiro atoms. The van der Waals surface area contributed by atoms with E-state index in [1.807, 2.05) is 0 Å². The van der Waals surface area contributed by atoms with Gasteiger partial charge in [-0.05, 0) is 38.3 Å². The molecule has 3 unspecified atom stereocenters. The second kappa shape index (κ2) is 8.42. The Hall–Kier alpha value is -1.59. The smallest absolute Gasteiger partial charge is 0.319 e. The summed E-state index contributed by atoms with van der Waals surface area (Å²) >= 11 is 0.